The van der Waals surface area contributed by atoms with E-state index in [1.807, 2.05) is 12.1 Å². The lowest BCUT2D eigenvalue weighted by Crippen LogP contribution is -2.13. The smallest absolute Gasteiger partial charge is 0.175 e. The summed E-state index contributed by atoms with van der Waals surface area (Å²) in [5.74, 6) is 1.56. The number of hydrogen-bond acceptors (Lipinski definition) is 4. The van der Waals surface area contributed by atoms with E-state index in [2.05, 4.69) is 21.4 Å². The van der Waals surface area contributed by atoms with Crippen LogP contribution in [0.4, 0.5) is 0 Å². The Morgan fingerprint density at radius 1 is 1.26 bits per heavy atom. The minimum Gasteiger partial charge on any atom is -0.493 e. The number of methoxy groups -OCH3 is 1. The second-order valence-electron chi connectivity index (χ2n) is 4.66. The number of benzene rings is 1. The molecule has 0 atom stereocenters. The first-order valence-electron chi connectivity index (χ1n) is 6.53. The summed E-state index contributed by atoms with van der Waals surface area (Å²) in [5.41, 5.74) is 3.89. The van der Waals surface area contributed by atoms with Crippen LogP contribution in [0.25, 0.3) is 0 Å². The largest absolute Gasteiger partial charge is 0.493 e. The van der Waals surface area contributed by atoms with Crippen LogP contribution in [0.2, 0.25) is 0 Å². The van der Waals surface area contributed by atoms with Crippen LogP contribution < -0.4 is 15.0 Å². The van der Waals surface area contributed by atoms with E-state index in [-0.39, 0.29) is 0 Å². The van der Waals surface area contributed by atoms with Crippen molar-refractivity contribution >= 4 is 15.9 Å². The predicted octanol–water partition coefficient (Wildman–Crippen LogP) is 3.43. The quantitative estimate of drug-likeness (QED) is 0.811. The van der Waals surface area contributed by atoms with Gasteiger partial charge in [0, 0.05) is 6.54 Å². The Morgan fingerprint density at radius 2 is 2.00 bits per heavy atom. The van der Waals surface area contributed by atoms with Gasteiger partial charge in [0.05, 0.1) is 24.8 Å². The van der Waals surface area contributed by atoms with Crippen LogP contribution in [0.5, 0.6) is 11.5 Å². The molecule has 0 heterocycles. The maximum absolute atomic E-state index is 6.06. The van der Waals surface area contributed by atoms with Gasteiger partial charge in [0.2, 0.25) is 0 Å². The highest BCUT2D eigenvalue weighted by atomic mass is 79.9. The van der Waals surface area contributed by atoms with E-state index in [0.29, 0.717) is 12.6 Å². The third kappa shape index (κ3) is 3.84. The maximum Gasteiger partial charge on any atom is 0.175 e. The molecule has 0 radical (unpaired) electrons. The zero-order valence-electron chi connectivity index (χ0n) is 11.4. The van der Waals surface area contributed by atoms with Crippen molar-refractivity contribution in [3.63, 3.8) is 0 Å². The van der Waals surface area contributed by atoms with E-state index in [0.717, 1.165) is 34.4 Å². The third-order valence-electron chi connectivity index (χ3n) is 3.30. The summed E-state index contributed by atoms with van der Waals surface area (Å²) in [7, 11) is 3.26. The van der Waals surface area contributed by atoms with Crippen molar-refractivity contribution in [3.8, 4) is 11.5 Å². The molecule has 1 saturated carbocycles. The molecule has 0 spiro atoms. The highest BCUT2D eigenvalue weighted by Crippen LogP contribution is 2.39. The van der Waals surface area contributed by atoms with E-state index >= 15 is 0 Å². The Labute approximate surface area is 122 Å². The molecule has 0 amide bonds. The van der Waals surface area contributed by atoms with Crippen molar-refractivity contribution < 1.29 is 14.3 Å². The molecule has 106 valence electrons. The van der Waals surface area contributed by atoms with Gasteiger partial charge in [0.25, 0.3) is 0 Å². The fraction of sp³-hybridized carbons (Fsp3) is 0.571. The molecule has 1 aromatic carbocycles. The number of halogens is 1. The molecule has 1 aliphatic carbocycles. The second-order valence-corrected chi connectivity index (χ2v) is 5.51. The third-order valence-corrected chi connectivity index (χ3v) is 3.89. The Balaban J connectivity index is 2.16. The minimum absolute atomic E-state index is 0.313. The Bertz CT molecular complexity index is 419. The van der Waals surface area contributed by atoms with Crippen molar-refractivity contribution in [2.75, 3.05) is 14.2 Å². The minimum atomic E-state index is 0.313. The van der Waals surface area contributed by atoms with Gasteiger partial charge in [-0.25, -0.2) is 0 Å². The van der Waals surface area contributed by atoms with Gasteiger partial charge >= 0.3 is 0 Å². The molecule has 2 rings (SSSR count). The maximum atomic E-state index is 6.06. The van der Waals surface area contributed by atoms with Crippen LogP contribution in [0, 0.1) is 0 Å². The number of rotatable bonds is 6. The van der Waals surface area contributed by atoms with E-state index < -0.39 is 0 Å². The van der Waals surface area contributed by atoms with Gasteiger partial charge in [-0.2, -0.15) is 5.48 Å². The van der Waals surface area contributed by atoms with Crippen molar-refractivity contribution in [1.82, 2.24) is 5.48 Å². The molecule has 0 bridgehead atoms. The van der Waals surface area contributed by atoms with Gasteiger partial charge in [-0.05, 0) is 59.3 Å². The molecule has 4 nitrogen and oxygen atoms in total. The van der Waals surface area contributed by atoms with Gasteiger partial charge in [0.15, 0.2) is 11.5 Å². The van der Waals surface area contributed by atoms with Crippen molar-refractivity contribution in [2.24, 2.45) is 0 Å². The fourth-order valence-electron chi connectivity index (χ4n) is 2.32. The summed E-state index contributed by atoms with van der Waals surface area (Å²) in [6, 6.07) is 4.00. The van der Waals surface area contributed by atoms with Gasteiger partial charge in [-0.3, -0.25) is 0 Å². The molecule has 0 unspecified atom stereocenters. The molecule has 1 aliphatic rings. The SMILES string of the molecule is CONCc1cc(Br)c(OC2CCCC2)c(OC)c1. The van der Waals surface area contributed by atoms with Crippen molar-refractivity contribution in [2.45, 2.75) is 38.3 Å². The summed E-state index contributed by atoms with van der Waals surface area (Å²) >= 11 is 3.56. The molecule has 1 N–H and O–H groups in total. The molecule has 0 aromatic heterocycles. The summed E-state index contributed by atoms with van der Waals surface area (Å²) in [6.45, 7) is 0.620. The summed E-state index contributed by atoms with van der Waals surface area (Å²) in [4.78, 5) is 4.86. The van der Waals surface area contributed by atoms with Crippen LogP contribution in [0.1, 0.15) is 31.2 Å². The lowest BCUT2D eigenvalue weighted by molar-refractivity contribution is 0.0866. The molecule has 5 heteroatoms. The first-order valence-corrected chi connectivity index (χ1v) is 7.32. The number of nitrogens with one attached hydrogen (secondary N) is 1. The average molecular weight is 330 g/mol. The highest BCUT2D eigenvalue weighted by molar-refractivity contribution is 9.10. The Kier molecular flexibility index (Phi) is 5.48. The van der Waals surface area contributed by atoms with E-state index in [4.69, 9.17) is 14.3 Å². The van der Waals surface area contributed by atoms with Gasteiger partial charge in [-0.15, -0.1) is 0 Å². The first kappa shape index (κ1) is 14.6. The van der Waals surface area contributed by atoms with Crippen LogP contribution in [0.3, 0.4) is 0 Å². The Morgan fingerprint density at radius 3 is 2.63 bits per heavy atom. The van der Waals surface area contributed by atoms with E-state index in [1.54, 1.807) is 14.2 Å². The highest BCUT2D eigenvalue weighted by Gasteiger charge is 2.20. The second kappa shape index (κ2) is 7.12. The topological polar surface area (TPSA) is 39.7 Å². The van der Waals surface area contributed by atoms with Crippen LogP contribution >= 0.6 is 15.9 Å². The molecular formula is C14H20BrNO3. The zero-order valence-corrected chi connectivity index (χ0v) is 13.0. The van der Waals surface area contributed by atoms with Crippen LogP contribution in [-0.4, -0.2) is 20.3 Å². The zero-order chi connectivity index (χ0) is 13.7. The first-order chi connectivity index (χ1) is 9.24. The van der Waals surface area contributed by atoms with E-state index in [1.165, 1.54) is 12.8 Å². The standard InChI is InChI=1S/C14H20BrNO3/c1-17-13-8-10(9-16-18-2)7-12(15)14(13)19-11-5-3-4-6-11/h7-8,11,16H,3-6,9H2,1-2H3. The Hall–Kier alpha value is -0.780. The van der Waals surface area contributed by atoms with Crippen molar-refractivity contribution in [1.29, 1.82) is 0 Å². The van der Waals surface area contributed by atoms with Crippen LogP contribution in [-0.2, 0) is 11.4 Å². The predicted molar refractivity (Wildman–Crippen MR) is 77.4 cm³/mol. The lowest BCUT2D eigenvalue weighted by Gasteiger charge is -2.18. The van der Waals surface area contributed by atoms with Gasteiger partial charge in [0.1, 0.15) is 0 Å². The molecule has 1 aromatic rings. The molecule has 1 fully saturated rings. The molecule has 0 aliphatic heterocycles. The molecule has 19 heavy (non-hydrogen) atoms. The number of hydroxylamine groups is 1. The molecule has 0 saturated heterocycles. The normalized spacial score (nSPS) is 15.7. The summed E-state index contributed by atoms with van der Waals surface area (Å²) < 4.78 is 12.4. The molecular weight excluding hydrogens is 310 g/mol. The van der Waals surface area contributed by atoms with Gasteiger partial charge < -0.3 is 14.3 Å². The summed E-state index contributed by atoms with van der Waals surface area (Å²) in [6.07, 6.45) is 5.07. The van der Waals surface area contributed by atoms with Crippen molar-refractivity contribution in [3.05, 3.63) is 22.2 Å². The summed E-state index contributed by atoms with van der Waals surface area (Å²) in [5, 5.41) is 0. The van der Waals surface area contributed by atoms with Crippen LogP contribution in [0.15, 0.2) is 16.6 Å². The lowest BCUT2D eigenvalue weighted by atomic mass is 10.2. The fourth-order valence-corrected chi connectivity index (χ4v) is 2.90. The van der Waals surface area contributed by atoms with E-state index in [9.17, 15) is 0 Å². The van der Waals surface area contributed by atoms with Gasteiger partial charge in [-0.1, -0.05) is 0 Å². The number of hydrogen-bond donors (Lipinski definition) is 1. The number of ether oxygens (including phenoxy) is 2. The average Bonchev–Trinajstić information content (AvgIpc) is 2.91. The monoisotopic (exact) mass is 329 g/mol.